The van der Waals surface area contributed by atoms with Gasteiger partial charge in [0, 0.05) is 42.4 Å². The third-order valence-electron chi connectivity index (χ3n) is 6.57. The number of hydrogen-bond donors (Lipinski definition) is 1. The Morgan fingerprint density at radius 2 is 1.64 bits per heavy atom. The van der Waals surface area contributed by atoms with Gasteiger partial charge in [-0.05, 0) is 75.7 Å². The molecule has 0 saturated carbocycles. The number of amides is 2. The minimum Gasteiger partial charge on any atom is -0.378 e. The Morgan fingerprint density at radius 1 is 1.03 bits per heavy atom. The summed E-state index contributed by atoms with van der Waals surface area (Å²) in [4.78, 5) is 39.7. The highest BCUT2D eigenvalue weighted by Gasteiger charge is 2.38. The number of aromatic nitrogens is 2. The lowest BCUT2D eigenvalue weighted by molar-refractivity contribution is -0.142. The Labute approximate surface area is 233 Å². The second-order valence-corrected chi connectivity index (χ2v) is 10.9. The largest absolute Gasteiger partial charge is 0.378 e. The number of ether oxygens (including phenoxy) is 1. The van der Waals surface area contributed by atoms with Crippen LogP contribution in [0.25, 0.3) is 0 Å². The van der Waals surface area contributed by atoms with Crippen LogP contribution in [-0.2, 0) is 20.9 Å². The molecule has 2 amide bonds. The van der Waals surface area contributed by atoms with Crippen LogP contribution in [0.2, 0.25) is 0 Å². The van der Waals surface area contributed by atoms with Crippen LogP contribution >= 0.6 is 11.8 Å². The molecule has 3 aromatic rings. The molecule has 1 aliphatic heterocycles. The first-order valence-electron chi connectivity index (χ1n) is 12.9. The fraction of sp³-hybridized carbons (Fsp3) is 0.379. The maximum absolute atomic E-state index is 13.6. The fourth-order valence-electron chi connectivity index (χ4n) is 4.32. The number of carbonyl (C=O) groups excluding carboxylic acids is 2. The summed E-state index contributed by atoms with van der Waals surface area (Å²) in [5, 5.41) is 3.47. The SMILES string of the molecule is Cc1cc(C)nc(SCC(=O)N(Cc2ccc(F)cc2)C(C)(C)C(=O)Nc2ccc(N3CCOCC3)cc2)n1. The van der Waals surface area contributed by atoms with Crippen molar-refractivity contribution in [3.63, 3.8) is 0 Å². The molecule has 10 heteroatoms. The van der Waals surface area contributed by atoms with Crippen LogP contribution in [-0.4, -0.2) is 64.3 Å². The van der Waals surface area contributed by atoms with Gasteiger partial charge in [0.05, 0.1) is 19.0 Å². The number of aryl methyl sites for hydroxylation is 2. The van der Waals surface area contributed by atoms with E-state index in [0.29, 0.717) is 29.6 Å². The van der Waals surface area contributed by atoms with Crippen molar-refractivity contribution in [2.75, 3.05) is 42.3 Å². The van der Waals surface area contributed by atoms with E-state index in [-0.39, 0.29) is 29.9 Å². The molecule has 0 bridgehead atoms. The topological polar surface area (TPSA) is 87.7 Å². The molecule has 2 heterocycles. The van der Waals surface area contributed by atoms with Crippen molar-refractivity contribution in [2.45, 2.75) is 44.9 Å². The molecule has 39 heavy (non-hydrogen) atoms. The number of thioether (sulfide) groups is 1. The number of morpholine rings is 1. The predicted molar refractivity (Wildman–Crippen MR) is 151 cm³/mol. The summed E-state index contributed by atoms with van der Waals surface area (Å²) in [5.41, 5.74) is 2.85. The van der Waals surface area contributed by atoms with Crippen molar-refractivity contribution in [3.8, 4) is 0 Å². The molecule has 1 saturated heterocycles. The van der Waals surface area contributed by atoms with Crippen molar-refractivity contribution in [1.29, 1.82) is 0 Å². The van der Waals surface area contributed by atoms with Crippen LogP contribution in [0.5, 0.6) is 0 Å². The second kappa shape index (κ2) is 12.6. The molecule has 0 spiro atoms. The average molecular weight is 552 g/mol. The van der Waals surface area contributed by atoms with Crippen LogP contribution in [0.4, 0.5) is 15.8 Å². The average Bonchev–Trinajstić information content (AvgIpc) is 2.91. The van der Waals surface area contributed by atoms with Crippen LogP contribution in [0.1, 0.15) is 30.8 Å². The van der Waals surface area contributed by atoms with Crippen LogP contribution in [0.15, 0.2) is 59.8 Å². The number of nitrogens with one attached hydrogen (secondary N) is 1. The lowest BCUT2D eigenvalue weighted by Gasteiger charge is -2.37. The van der Waals surface area contributed by atoms with E-state index in [0.717, 1.165) is 30.2 Å². The Hall–Kier alpha value is -3.50. The lowest BCUT2D eigenvalue weighted by Crippen LogP contribution is -2.55. The lowest BCUT2D eigenvalue weighted by atomic mass is 9.99. The van der Waals surface area contributed by atoms with Gasteiger partial charge >= 0.3 is 0 Å². The van der Waals surface area contributed by atoms with Crippen molar-refractivity contribution < 1.29 is 18.7 Å². The Bertz CT molecular complexity index is 1280. The zero-order valence-electron chi connectivity index (χ0n) is 22.7. The zero-order chi connectivity index (χ0) is 28.0. The monoisotopic (exact) mass is 551 g/mol. The van der Waals surface area contributed by atoms with E-state index in [4.69, 9.17) is 4.74 Å². The minimum atomic E-state index is -1.21. The molecule has 0 unspecified atom stereocenters. The van der Waals surface area contributed by atoms with E-state index in [1.165, 1.54) is 28.8 Å². The van der Waals surface area contributed by atoms with E-state index in [1.807, 2.05) is 44.2 Å². The number of carbonyl (C=O) groups is 2. The van der Waals surface area contributed by atoms with E-state index in [2.05, 4.69) is 20.2 Å². The molecular weight excluding hydrogens is 517 g/mol. The Balaban J connectivity index is 1.50. The first kappa shape index (κ1) is 28.5. The highest BCUT2D eigenvalue weighted by Crippen LogP contribution is 2.25. The molecule has 0 aliphatic carbocycles. The van der Waals surface area contributed by atoms with Gasteiger partial charge in [-0.1, -0.05) is 23.9 Å². The maximum Gasteiger partial charge on any atom is 0.249 e. The Morgan fingerprint density at radius 3 is 2.26 bits per heavy atom. The fourth-order valence-corrected chi connectivity index (χ4v) is 5.14. The van der Waals surface area contributed by atoms with Gasteiger partial charge in [-0.2, -0.15) is 0 Å². The molecule has 1 aromatic heterocycles. The molecule has 8 nitrogen and oxygen atoms in total. The smallest absolute Gasteiger partial charge is 0.249 e. The van der Waals surface area contributed by atoms with Gasteiger partial charge in [0.25, 0.3) is 0 Å². The number of hydrogen-bond acceptors (Lipinski definition) is 7. The van der Waals surface area contributed by atoms with Gasteiger partial charge in [-0.3, -0.25) is 9.59 Å². The molecule has 4 rings (SSSR count). The molecular formula is C29H34FN5O3S. The van der Waals surface area contributed by atoms with Crippen molar-refractivity contribution in [2.24, 2.45) is 0 Å². The van der Waals surface area contributed by atoms with Crippen LogP contribution in [0, 0.1) is 19.7 Å². The molecule has 206 valence electrons. The third kappa shape index (κ3) is 7.54. The van der Waals surface area contributed by atoms with E-state index in [1.54, 1.807) is 26.0 Å². The summed E-state index contributed by atoms with van der Waals surface area (Å²) in [6.45, 7) is 10.4. The first-order valence-corrected chi connectivity index (χ1v) is 13.8. The number of halogens is 1. The molecule has 1 N–H and O–H groups in total. The molecule has 2 aromatic carbocycles. The summed E-state index contributed by atoms with van der Waals surface area (Å²) in [5.74, 6) is -0.897. The summed E-state index contributed by atoms with van der Waals surface area (Å²) in [7, 11) is 0. The van der Waals surface area contributed by atoms with Crippen molar-refractivity contribution in [1.82, 2.24) is 14.9 Å². The number of nitrogens with zero attached hydrogens (tertiary/aromatic N) is 4. The second-order valence-electron chi connectivity index (χ2n) is 9.99. The molecule has 1 fully saturated rings. The van der Waals surface area contributed by atoms with E-state index >= 15 is 0 Å². The number of benzene rings is 2. The highest BCUT2D eigenvalue weighted by molar-refractivity contribution is 7.99. The van der Waals surface area contributed by atoms with Gasteiger partial charge in [0.15, 0.2) is 5.16 Å². The summed E-state index contributed by atoms with van der Waals surface area (Å²) in [6.07, 6.45) is 0. The molecule has 0 radical (unpaired) electrons. The number of anilines is 2. The zero-order valence-corrected chi connectivity index (χ0v) is 23.6. The highest BCUT2D eigenvalue weighted by atomic mass is 32.2. The van der Waals surface area contributed by atoms with Gasteiger partial charge < -0.3 is 19.9 Å². The van der Waals surface area contributed by atoms with Crippen LogP contribution in [0.3, 0.4) is 0 Å². The van der Waals surface area contributed by atoms with Crippen LogP contribution < -0.4 is 10.2 Å². The molecule has 0 atom stereocenters. The Kier molecular flexibility index (Phi) is 9.19. The summed E-state index contributed by atoms with van der Waals surface area (Å²) < 4.78 is 19.0. The molecule has 1 aliphatic rings. The maximum atomic E-state index is 13.6. The first-order chi connectivity index (χ1) is 18.6. The minimum absolute atomic E-state index is 0.0506. The number of rotatable bonds is 9. The van der Waals surface area contributed by atoms with Crippen molar-refractivity contribution >= 4 is 35.0 Å². The van der Waals surface area contributed by atoms with Gasteiger partial charge in [-0.25, -0.2) is 14.4 Å². The van der Waals surface area contributed by atoms with E-state index in [9.17, 15) is 14.0 Å². The predicted octanol–water partition coefficient (Wildman–Crippen LogP) is 4.61. The summed E-state index contributed by atoms with van der Waals surface area (Å²) >= 11 is 1.23. The van der Waals surface area contributed by atoms with Crippen molar-refractivity contribution in [3.05, 3.63) is 77.4 Å². The normalized spacial score (nSPS) is 13.7. The summed E-state index contributed by atoms with van der Waals surface area (Å²) in [6, 6.07) is 15.5. The van der Waals surface area contributed by atoms with E-state index < -0.39 is 5.54 Å². The quantitative estimate of drug-likeness (QED) is 0.307. The van der Waals surface area contributed by atoms with Gasteiger partial charge in [-0.15, -0.1) is 0 Å². The standard InChI is InChI=1S/C29H34FN5O3S/c1-20-17-21(2)32-28(31-20)39-19-26(36)35(18-22-5-7-23(30)8-6-22)29(3,4)27(37)33-24-9-11-25(12-10-24)34-13-15-38-16-14-34/h5-12,17H,13-16,18-19H2,1-4H3,(H,33,37). The van der Waals surface area contributed by atoms with Gasteiger partial charge in [0.2, 0.25) is 11.8 Å². The van der Waals surface area contributed by atoms with Gasteiger partial charge in [0.1, 0.15) is 11.4 Å². The third-order valence-corrected chi connectivity index (χ3v) is 7.41.